The van der Waals surface area contributed by atoms with Crippen molar-refractivity contribution in [3.05, 3.63) is 18.2 Å². The zero-order valence-electron chi connectivity index (χ0n) is 19.9. The molecule has 0 aliphatic heterocycles. The molecule has 1 aromatic heterocycles. The molecule has 0 aliphatic rings. The molecule has 0 fully saturated rings. The molecule has 1 aromatic rings. The molecule has 0 N–H and O–H groups in total. The summed E-state index contributed by atoms with van der Waals surface area (Å²) in [5.41, 5.74) is 0. The molecule has 0 amide bonds. The van der Waals surface area contributed by atoms with Crippen LogP contribution in [0.4, 0.5) is 0 Å². The van der Waals surface area contributed by atoms with E-state index in [1.54, 1.807) is 0 Å². The Hall–Kier alpha value is -1.12. The minimum atomic E-state index is 0.241. The molecule has 0 radical (unpaired) electrons. The highest BCUT2D eigenvalue weighted by Crippen LogP contribution is 2.27. The van der Waals surface area contributed by atoms with E-state index < -0.39 is 0 Å². The maximum Gasteiger partial charge on any atom is 0.156 e. The van der Waals surface area contributed by atoms with Crippen LogP contribution in [0.1, 0.15) is 142 Å². The summed E-state index contributed by atoms with van der Waals surface area (Å²) in [6.07, 6.45) is 24.7. The normalized spacial score (nSPS) is 12.4. The predicted octanol–water partition coefficient (Wildman–Crippen LogP) is 8.63. The number of rotatable bonds is 19. The van der Waals surface area contributed by atoms with E-state index in [1.807, 2.05) is 12.4 Å². The average Bonchev–Trinajstić information content (AvgIpc) is 2.73. The first-order chi connectivity index (χ1) is 14.2. The van der Waals surface area contributed by atoms with Gasteiger partial charge in [-0.3, -0.25) is 0 Å². The van der Waals surface area contributed by atoms with Crippen LogP contribution in [0.2, 0.25) is 0 Å². The highest BCUT2D eigenvalue weighted by atomic mass is 16.5. The van der Waals surface area contributed by atoms with Gasteiger partial charge >= 0.3 is 0 Å². The zero-order chi connectivity index (χ0) is 21.2. The molecule has 1 rings (SSSR count). The van der Waals surface area contributed by atoms with Crippen molar-refractivity contribution in [2.45, 2.75) is 142 Å². The smallest absolute Gasteiger partial charge is 0.156 e. The van der Waals surface area contributed by atoms with Gasteiger partial charge in [-0.2, -0.15) is 0 Å². The standard InChI is InChI=1S/C26H48N2O/c1-5-8-11-14-15-18-23(4)29-25-21-27-26(28-22-25)24(19-16-12-9-6-2)20-17-13-10-7-3/h21-24H,5-20H2,1-4H3. The van der Waals surface area contributed by atoms with Gasteiger partial charge in [-0.05, 0) is 32.6 Å². The van der Waals surface area contributed by atoms with Crippen LogP contribution in [0.15, 0.2) is 12.4 Å². The summed E-state index contributed by atoms with van der Waals surface area (Å²) in [7, 11) is 0. The minimum Gasteiger partial charge on any atom is -0.487 e. The van der Waals surface area contributed by atoms with Crippen LogP contribution in [-0.4, -0.2) is 16.1 Å². The Morgan fingerprint density at radius 1 is 0.655 bits per heavy atom. The lowest BCUT2D eigenvalue weighted by Gasteiger charge is -2.17. The summed E-state index contributed by atoms with van der Waals surface area (Å²) >= 11 is 0. The molecule has 0 saturated heterocycles. The first-order valence-corrected chi connectivity index (χ1v) is 12.7. The van der Waals surface area contributed by atoms with Gasteiger partial charge in [-0.15, -0.1) is 0 Å². The Bertz CT molecular complexity index is 462. The first kappa shape index (κ1) is 25.9. The van der Waals surface area contributed by atoms with Gasteiger partial charge in [0.05, 0.1) is 18.5 Å². The van der Waals surface area contributed by atoms with Gasteiger partial charge in [0.15, 0.2) is 5.75 Å². The second kappa shape index (κ2) is 17.7. The van der Waals surface area contributed by atoms with Gasteiger partial charge in [-0.25, -0.2) is 9.97 Å². The average molecular weight is 405 g/mol. The summed E-state index contributed by atoms with van der Waals surface area (Å²) in [4.78, 5) is 9.43. The molecular weight excluding hydrogens is 356 g/mol. The van der Waals surface area contributed by atoms with Gasteiger partial charge < -0.3 is 4.74 Å². The van der Waals surface area contributed by atoms with Gasteiger partial charge in [0.1, 0.15) is 5.82 Å². The van der Waals surface area contributed by atoms with Crippen molar-refractivity contribution in [2.24, 2.45) is 0 Å². The largest absolute Gasteiger partial charge is 0.487 e. The highest BCUT2D eigenvalue weighted by Gasteiger charge is 2.15. The quantitative estimate of drug-likeness (QED) is 0.216. The van der Waals surface area contributed by atoms with Crippen molar-refractivity contribution in [1.29, 1.82) is 0 Å². The number of unbranched alkanes of at least 4 members (excludes halogenated alkanes) is 10. The summed E-state index contributed by atoms with van der Waals surface area (Å²) in [6, 6.07) is 0. The minimum absolute atomic E-state index is 0.241. The molecular formula is C26H48N2O. The summed E-state index contributed by atoms with van der Waals surface area (Å²) < 4.78 is 6.06. The molecule has 0 aromatic carbocycles. The van der Waals surface area contributed by atoms with Gasteiger partial charge in [0, 0.05) is 5.92 Å². The Kier molecular flexibility index (Phi) is 15.8. The fourth-order valence-electron chi connectivity index (χ4n) is 3.96. The Balaban J connectivity index is 2.48. The highest BCUT2D eigenvalue weighted by molar-refractivity contribution is 5.14. The Morgan fingerprint density at radius 2 is 1.10 bits per heavy atom. The predicted molar refractivity (Wildman–Crippen MR) is 126 cm³/mol. The van der Waals surface area contributed by atoms with Crippen LogP contribution in [0.25, 0.3) is 0 Å². The third kappa shape index (κ3) is 12.9. The van der Waals surface area contributed by atoms with Gasteiger partial charge in [0.25, 0.3) is 0 Å². The number of aromatic nitrogens is 2. The van der Waals surface area contributed by atoms with E-state index in [4.69, 9.17) is 14.7 Å². The Morgan fingerprint density at radius 3 is 1.62 bits per heavy atom. The van der Waals surface area contributed by atoms with Crippen molar-refractivity contribution >= 4 is 0 Å². The molecule has 0 saturated carbocycles. The summed E-state index contributed by atoms with van der Waals surface area (Å²) in [6.45, 7) is 8.97. The molecule has 29 heavy (non-hydrogen) atoms. The monoisotopic (exact) mass is 404 g/mol. The van der Waals surface area contributed by atoms with Crippen LogP contribution in [-0.2, 0) is 0 Å². The van der Waals surface area contributed by atoms with Crippen molar-refractivity contribution < 1.29 is 4.74 Å². The van der Waals surface area contributed by atoms with E-state index in [9.17, 15) is 0 Å². The molecule has 0 aliphatic carbocycles. The molecule has 3 nitrogen and oxygen atoms in total. The van der Waals surface area contributed by atoms with E-state index in [0.29, 0.717) is 5.92 Å². The van der Waals surface area contributed by atoms with Gasteiger partial charge in [-0.1, -0.05) is 97.8 Å². The molecule has 1 unspecified atom stereocenters. The summed E-state index contributed by atoms with van der Waals surface area (Å²) in [5.74, 6) is 2.36. The SMILES string of the molecule is CCCCCCCC(C)Oc1cnc(C(CCCCCC)CCCCCC)nc1. The van der Waals surface area contributed by atoms with Crippen LogP contribution in [0.5, 0.6) is 5.75 Å². The van der Waals surface area contributed by atoms with E-state index in [2.05, 4.69) is 27.7 Å². The lowest BCUT2D eigenvalue weighted by molar-refractivity contribution is 0.204. The van der Waals surface area contributed by atoms with Crippen molar-refractivity contribution in [3.8, 4) is 5.75 Å². The molecule has 0 spiro atoms. The topological polar surface area (TPSA) is 35.0 Å². The zero-order valence-corrected chi connectivity index (χ0v) is 19.9. The van der Waals surface area contributed by atoms with Crippen molar-refractivity contribution in [2.75, 3.05) is 0 Å². The van der Waals surface area contributed by atoms with Crippen molar-refractivity contribution in [1.82, 2.24) is 9.97 Å². The fourth-order valence-corrected chi connectivity index (χ4v) is 3.96. The number of hydrogen-bond donors (Lipinski definition) is 0. The van der Waals surface area contributed by atoms with E-state index in [-0.39, 0.29) is 6.10 Å². The molecule has 1 atom stereocenters. The number of hydrogen-bond acceptors (Lipinski definition) is 3. The van der Waals surface area contributed by atoms with Crippen molar-refractivity contribution in [3.63, 3.8) is 0 Å². The van der Waals surface area contributed by atoms with Crippen LogP contribution in [0.3, 0.4) is 0 Å². The third-order valence-corrected chi connectivity index (χ3v) is 5.88. The van der Waals surface area contributed by atoms with Crippen LogP contribution >= 0.6 is 0 Å². The second-order valence-electron chi connectivity index (χ2n) is 8.80. The van der Waals surface area contributed by atoms with E-state index in [0.717, 1.165) is 18.0 Å². The lowest BCUT2D eigenvalue weighted by Crippen LogP contribution is -2.13. The fraction of sp³-hybridized carbons (Fsp3) is 0.846. The third-order valence-electron chi connectivity index (χ3n) is 5.88. The molecule has 1 heterocycles. The molecule has 3 heteroatoms. The molecule has 0 bridgehead atoms. The van der Waals surface area contributed by atoms with E-state index in [1.165, 1.54) is 96.3 Å². The maximum atomic E-state index is 6.06. The lowest BCUT2D eigenvalue weighted by atomic mass is 9.93. The molecule has 168 valence electrons. The van der Waals surface area contributed by atoms with E-state index >= 15 is 0 Å². The van der Waals surface area contributed by atoms with Crippen LogP contribution < -0.4 is 4.74 Å². The second-order valence-corrected chi connectivity index (χ2v) is 8.80. The number of nitrogens with zero attached hydrogens (tertiary/aromatic N) is 2. The number of ether oxygens (including phenoxy) is 1. The Labute approximate surface area is 181 Å². The first-order valence-electron chi connectivity index (χ1n) is 12.7. The van der Waals surface area contributed by atoms with Crippen LogP contribution in [0, 0.1) is 0 Å². The maximum absolute atomic E-state index is 6.06. The summed E-state index contributed by atoms with van der Waals surface area (Å²) in [5, 5.41) is 0. The van der Waals surface area contributed by atoms with Gasteiger partial charge in [0.2, 0.25) is 0 Å².